The number of pyridine rings is 1. The zero-order chi connectivity index (χ0) is 16.4. The van der Waals surface area contributed by atoms with Crippen LogP contribution >= 0.6 is 11.3 Å². The molecular formula is C14H10N4O4S. The van der Waals surface area contributed by atoms with Gasteiger partial charge < -0.3 is 4.42 Å². The topological polar surface area (TPSA) is 111 Å². The SMILES string of the molecule is Cc1ncc([N+](=O)[O-])cc1C(=O)Nc1nc(-c2ccco2)cs1. The molecule has 8 nitrogen and oxygen atoms in total. The van der Waals surface area contributed by atoms with E-state index in [2.05, 4.69) is 15.3 Å². The maximum absolute atomic E-state index is 12.3. The lowest BCUT2D eigenvalue weighted by Crippen LogP contribution is -2.14. The molecule has 3 aromatic rings. The Balaban J connectivity index is 1.82. The summed E-state index contributed by atoms with van der Waals surface area (Å²) in [6.07, 6.45) is 2.65. The van der Waals surface area contributed by atoms with E-state index in [1.165, 1.54) is 23.7 Å². The third-order valence-corrected chi connectivity index (χ3v) is 3.78. The molecule has 9 heteroatoms. The van der Waals surface area contributed by atoms with Gasteiger partial charge in [0.15, 0.2) is 10.9 Å². The number of nitrogens with one attached hydrogen (secondary N) is 1. The number of aryl methyl sites for hydroxylation is 1. The predicted octanol–water partition coefficient (Wildman–Crippen LogP) is 3.27. The van der Waals surface area contributed by atoms with Crippen LogP contribution in [0.3, 0.4) is 0 Å². The Hall–Kier alpha value is -3.07. The fourth-order valence-corrected chi connectivity index (χ4v) is 2.58. The fourth-order valence-electron chi connectivity index (χ4n) is 1.88. The van der Waals surface area contributed by atoms with Crippen molar-refractivity contribution in [3.05, 3.63) is 57.4 Å². The van der Waals surface area contributed by atoms with Crippen LogP contribution in [0.4, 0.5) is 10.8 Å². The van der Waals surface area contributed by atoms with E-state index in [0.717, 1.165) is 6.20 Å². The van der Waals surface area contributed by atoms with Crippen molar-refractivity contribution in [1.29, 1.82) is 0 Å². The highest BCUT2D eigenvalue weighted by molar-refractivity contribution is 7.14. The summed E-state index contributed by atoms with van der Waals surface area (Å²) in [6, 6.07) is 4.69. The van der Waals surface area contributed by atoms with Gasteiger partial charge in [0.2, 0.25) is 0 Å². The molecule has 0 bridgehead atoms. The second-order valence-electron chi connectivity index (χ2n) is 4.55. The number of carbonyl (C=O) groups is 1. The number of hydrogen-bond acceptors (Lipinski definition) is 7. The number of amides is 1. The molecule has 3 rings (SSSR count). The van der Waals surface area contributed by atoms with Crippen LogP contribution in [0.5, 0.6) is 0 Å². The second kappa shape index (κ2) is 5.97. The van der Waals surface area contributed by atoms with Gasteiger partial charge in [0.05, 0.1) is 22.4 Å². The van der Waals surface area contributed by atoms with Crippen LogP contribution in [0.25, 0.3) is 11.5 Å². The van der Waals surface area contributed by atoms with E-state index in [1.807, 2.05) is 0 Å². The monoisotopic (exact) mass is 330 g/mol. The molecule has 0 atom stereocenters. The molecular weight excluding hydrogens is 320 g/mol. The molecule has 0 spiro atoms. The van der Waals surface area contributed by atoms with Crippen LogP contribution in [0.2, 0.25) is 0 Å². The summed E-state index contributed by atoms with van der Waals surface area (Å²) >= 11 is 1.23. The molecule has 0 aliphatic carbocycles. The minimum Gasteiger partial charge on any atom is -0.463 e. The summed E-state index contributed by atoms with van der Waals surface area (Å²) < 4.78 is 5.23. The summed E-state index contributed by atoms with van der Waals surface area (Å²) in [6.45, 7) is 1.61. The van der Waals surface area contributed by atoms with Gasteiger partial charge in [0.25, 0.3) is 11.6 Å². The zero-order valence-electron chi connectivity index (χ0n) is 11.8. The Morgan fingerprint density at radius 1 is 1.48 bits per heavy atom. The van der Waals surface area contributed by atoms with Gasteiger partial charge in [-0.15, -0.1) is 11.3 Å². The second-order valence-corrected chi connectivity index (χ2v) is 5.41. The smallest absolute Gasteiger partial charge is 0.288 e. The summed E-state index contributed by atoms with van der Waals surface area (Å²) in [4.78, 5) is 30.6. The van der Waals surface area contributed by atoms with Gasteiger partial charge in [-0.25, -0.2) is 4.98 Å². The number of aromatic nitrogens is 2. The largest absolute Gasteiger partial charge is 0.463 e. The van der Waals surface area contributed by atoms with Crippen molar-refractivity contribution in [2.24, 2.45) is 0 Å². The Labute approximate surface area is 134 Å². The van der Waals surface area contributed by atoms with Crippen LogP contribution in [0.1, 0.15) is 16.1 Å². The van der Waals surface area contributed by atoms with Crippen molar-refractivity contribution >= 4 is 28.1 Å². The van der Waals surface area contributed by atoms with Gasteiger partial charge in [0, 0.05) is 11.4 Å². The van der Waals surface area contributed by atoms with Crippen LogP contribution in [0.15, 0.2) is 40.5 Å². The molecule has 3 aromatic heterocycles. The molecule has 1 N–H and O–H groups in total. The normalized spacial score (nSPS) is 10.5. The van der Waals surface area contributed by atoms with Crippen molar-refractivity contribution in [2.45, 2.75) is 6.92 Å². The number of rotatable bonds is 4. The molecule has 1 amide bonds. The number of thiazole rings is 1. The van der Waals surface area contributed by atoms with Crippen LogP contribution < -0.4 is 5.32 Å². The Morgan fingerprint density at radius 3 is 3.00 bits per heavy atom. The molecule has 0 aromatic carbocycles. The van der Waals surface area contributed by atoms with Gasteiger partial charge in [-0.05, 0) is 19.1 Å². The van der Waals surface area contributed by atoms with Gasteiger partial charge >= 0.3 is 0 Å². The van der Waals surface area contributed by atoms with Crippen LogP contribution in [-0.2, 0) is 0 Å². The molecule has 3 heterocycles. The van der Waals surface area contributed by atoms with E-state index in [9.17, 15) is 14.9 Å². The lowest BCUT2D eigenvalue weighted by atomic mass is 10.2. The first kappa shape index (κ1) is 14.9. The number of anilines is 1. The van der Waals surface area contributed by atoms with E-state index in [0.29, 0.717) is 22.3 Å². The van der Waals surface area contributed by atoms with Crippen molar-refractivity contribution in [2.75, 3.05) is 5.32 Å². The van der Waals surface area contributed by atoms with Gasteiger partial charge in [-0.3, -0.25) is 25.2 Å². The van der Waals surface area contributed by atoms with Gasteiger partial charge in [0.1, 0.15) is 11.9 Å². The number of nitro groups is 1. The maximum Gasteiger partial charge on any atom is 0.288 e. The molecule has 0 aliphatic rings. The van der Waals surface area contributed by atoms with Crippen LogP contribution in [-0.4, -0.2) is 20.8 Å². The quantitative estimate of drug-likeness (QED) is 0.580. The Kier molecular flexibility index (Phi) is 3.85. The summed E-state index contributed by atoms with van der Waals surface area (Å²) in [5.74, 6) is 0.0917. The molecule has 0 aliphatic heterocycles. The van der Waals surface area contributed by atoms with E-state index in [-0.39, 0.29) is 11.3 Å². The average Bonchev–Trinajstić information content (AvgIpc) is 3.18. The third kappa shape index (κ3) is 3.09. The van der Waals surface area contributed by atoms with Crippen molar-refractivity contribution in [3.8, 4) is 11.5 Å². The molecule has 0 saturated carbocycles. The first-order valence-electron chi connectivity index (χ1n) is 6.46. The number of carbonyl (C=O) groups excluding carboxylic acids is 1. The first-order chi connectivity index (χ1) is 11.0. The van der Waals surface area contributed by atoms with E-state index in [4.69, 9.17) is 4.42 Å². The Morgan fingerprint density at radius 2 is 2.30 bits per heavy atom. The molecule has 0 radical (unpaired) electrons. The highest BCUT2D eigenvalue weighted by atomic mass is 32.1. The standard InChI is InChI=1S/C14H10N4O4S/c1-8-10(5-9(6-15-8)18(20)21)13(19)17-14-16-11(7-23-14)12-3-2-4-22-12/h2-7H,1H3,(H,16,17,19). The molecule has 0 saturated heterocycles. The highest BCUT2D eigenvalue weighted by Gasteiger charge is 2.17. The zero-order valence-corrected chi connectivity index (χ0v) is 12.7. The molecule has 0 unspecified atom stereocenters. The lowest BCUT2D eigenvalue weighted by molar-refractivity contribution is -0.385. The van der Waals surface area contributed by atoms with Gasteiger partial charge in [-0.2, -0.15) is 0 Å². The van der Waals surface area contributed by atoms with Crippen molar-refractivity contribution in [3.63, 3.8) is 0 Å². The number of furan rings is 1. The maximum atomic E-state index is 12.3. The fraction of sp³-hybridized carbons (Fsp3) is 0.0714. The van der Waals surface area contributed by atoms with E-state index in [1.54, 1.807) is 24.4 Å². The summed E-state index contributed by atoms with van der Waals surface area (Å²) in [5.41, 5.74) is 0.894. The van der Waals surface area contributed by atoms with Crippen molar-refractivity contribution in [1.82, 2.24) is 9.97 Å². The number of nitrogens with zero attached hydrogens (tertiary/aromatic N) is 3. The first-order valence-corrected chi connectivity index (χ1v) is 7.34. The average molecular weight is 330 g/mol. The van der Waals surface area contributed by atoms with Gasteiger partial charge in [-0.1, -0.05) is 0 Å². The lowest BCUT2D eigenvalue weighted by Gasteiger charge is -2.04. The van der Waals surface area contributed by atoms with Crippen LogP contribution in [0, 0.1) is 17.0 Å². The molecule has 23 heavy (non-hydrogen) atoms. The summed E-state index contributed by atoms with van der Waals surface area (Å²) in [7, 11) is 0. The van der Waals surface area contributed by atoms with E-state index >= 15 is 0 Å². The third-order valence-electron chi connectivity index (χ3n) is 3.03. The predicted molar refractivity (Wildman–Crippen MR) is 83.4 cm³/mol. The minimum absolute atomic E-state index is 0.133. The highest BCUT2D eigenvalue weighted by Crippen LogP contribution is 2.25. The minimum atomic E-state index is -0.596. The molecule has 0 fully saturated rings. The Bertz CT molecular complexity index is 873. The summed E-state index contributed by atoms with van der Waals surface area (Å²) in [5, 5.41) is 15.5. The van der Waals surface area contributed by atoms with E-state index < -0.39 is 10.8 Å². The number of hydrogen-bond donors (Lipinski definition) is 1. The molecule has 116 valence electrons. The van der Waals surface area contributed by atoms with Crippen molar-refractivity contribution < 1.29 is 14.1 Å².